The van der Waals surface area contributed by atoms with Crippen LogP contribution < -0.4 is 15.6 Å². The van der Waals surface area contributed by atoms with Crippen molar-refractivity contribution < 1.29 is 4.40 Å². The number of fused-ring (bicyclic) bond motifs is 3. The summed E-state index contributed by atoms with van der Waals surface area (Å²) in [6.45, 7) is 0. The Bertz CT molecular complexity index is 1130. The Morgan fingerprint density at radius 1 is 1.09 bits per heavy atom. The highest BCUT2D eigenvalue weighted by Gasteiger charge is 2.23. The molecule has 0 atom stereocenters. The van der Waals surface area contributed by atoms with Crippen molar-refractivity contribution in [1.29, 1.82) is 0 Å². The molecule has 4 rings (SSSR count). The highest BCUT2D eigenvalue weighted by Crippen LogP contribution is 2.25. The Balaban J connectivity index is 2.12. The third-order valence-corrected chi connectivity index (χ3v) is 4.88. The predicted octanol–water partition coefficient (Wildman–Crippen LogP) is 1.03. The van der Waals surface area contributed by atoms with Crippen molar-refractivity contribution >= 4 is 27.5 Å². The lowest BCUT2D eigenvalue weighted by atomic mass is 10.2. The highest BCUT2D eigenvalue weighted by molar-refractivity contribution is 7.19. The predicted molar refractivity (Wildman–Crippen MR) is 85.3 cm³/mol. The molecule has 4 aromatic rings. The van der Waals surface area contributed by atoms with E-state index in [0.29, 0.717) is 11.2 Å². The van der Waals surface area contributed by atoms with Gasteiger partial charge in [-0.05, 0) is 5.56 Å². The molecule has 0 aliphatic heterocycles. The number of nitrogens with zero attached hydrogens (tertiary/aromatic N) is 3. The molecule has 3 aromatic heterocycles. The molecule has 0 saturated carbocycles. The van der Waals surface area contributed by atoms with Crippen LogP contribution in [0.25, 0.3) is 26.6 Å². The zero-order chi connectivity index (χ0) is 15.4. The first-order chi connectivity index (χ1) is 10.6. The second-order valence-electron chi connectivity index (χ2n) is 5.17. The van der Waals surface area contributed by atoms with Crippen LogP contribution in [0.4, 0.5) is 0 Å². The van der Waals surface area contributed by atoms with Crippen molar-refractivity contribution in [1.82, 2.24) is 14.1 Å². The maximum Gasteiger partial charge on any atom is 0.388 e. The molecule has 0 aliphatic carbocycles. The van der Waals surface area contributed by atoms with Crippen molar-refractivity contribution in [2.75, 3.05) is 0 Å². The second-order valence-corrected chi connectivity index (χ2v) is 6.20. The number of H-pyrrole nitrogens is 1. The molecule has 0 bridgehead atoms. The van der Waals surface area contributed by atoms with E-state index in [0.717, 1.165) is 20.0 Å². The first kappa shape index (κ1) is 13.0. The molecule has 0 unspecified atom stereocenters. The molecule has 0 fully saturated rings. The van der Waals surface area contributed by atoms with Crippen molar-refractivity contribution in [2.24, 2.45) is 14.1 Å². The first-order valence-electron chi connectivity index (χ1n) is 6.76. The number of hydrogen-bond donors (Lipinski definition) is 1. The van der Waals surface area contributed by atoms with Crippen LogP contribution in [-0.4, -0.2) is 14.1 Å². The largest absolute Gasteiger partial charge is 0.388 e. The van der Waals surface area contributed by atoms with Gasteiger partial charge in [-0.1, -0.05) is 41.7 Å². The average molecular weight is 313 g/mol. The van der Waals surface area contributed by atoms with Crippen molar-refractivity contribution in [2.45, 2.75) is 0 Å². The van der Waals surface area contributed by atoms with Gasteiger partial charge in [0.2, 0.25) is 5.52 Å². The smallest absolute Gasteiger partial charge is 0.265 e. The minimum absolute atomic E-state index is 0.310. The van der Waals surface area contributed by atoms with E-state index in [1.165, 1.54) is 11.6 Å². The minimum Gasteiger partial charge on any atom is -0.265 e. The van der Waals surface area contributed by atoms with Crippen LogP contribution in [0, 0.1) is 0 Å². The van der Waals surface area contributed by atoms with E-state index in [1.807, 2.05) is 40.9 Å². The molecule has 6 nitrogen and oxygen atoms in total. The quantitative estimate of drug-likeness (QED) is 0.534. The lowest BCUT2D eigenvalue weighted by Gasteiger charge is -1.97. The van der Waals surface area contributed by atoms with Gasteiger partial charge in [-0.25, -0.2) is 13.9 Å². The van der Waals surface area contributed by atoms with Crippen LogP contribution in [0.3, 0.4) is 0 Å². The van der Waals surface area contributed by atoms with Gasteiger partial charge < -0.3 is 0 Å². The molecule has 1 N–H and O–H groups in total. The number of aromatic nitrogens is 4. The van der Waals surface area contributed by atoms with Crippen LogP contribution in [0.2, 0.25) is 0 Å². The van der Waals surface area contributed by atoms with Gasteiger partial charge in [0.15, 0.2) is 0 Å². The summed E-state index contributed by atoms with van der Waals surface area (Å²) in [6, 6.07) is 10.0. The molecule has 7 heteroatoms. The second kappa shape index (κ2) is 4.41. The van der Waals surface area contributed by atoms with E-state index in [2.05, 4.69) is 4.98 Å². The molecule has 0 amide bonds. The highest BCUT2D eigenvalue weighted by atomic mass is 32.1. The maximum atomic E-state index is 12.2. The van der Waals surface area contributed by atoms with E-state index >= 15 is 0 Å². The van der Waals surface area contributed by atoms with Crippen LogP contribution >= 0.6 is 11.3 Å². The molecule has 110 valence electrons. The van der Waals surface area contributed by atoms with E-state index in [1.54, 1.807) is 18.4 Å². The summed E-state index contributed by atoms with van der Waals surface area (Å²) in [6.07, 6.45) is 1.95. The van der Waals surface area contributed by atoms with Gasteiger partial charge in [0.05, 0.1) is 18.1 Å². The third kappa shape index (κ3) is 1.62. The Labute approximate surface area is 128 Å². The van der Waals surface area contributed by atoms with Crippen molar-refractivity contribution in [3.05, 3.63) is 57.4 Å². The number of benzene rings is 1. The Morgan fingerprint density at radius 2 is 1.82 bits per heavy atom. The van der Waals surface area contributed by atoms with Gasteiger partial charge in [0.25, 0.3) is 10.6 Å². The fraction of sp³-hybridized carbons (Fsp3) is 0.133. The lowest BCUT2D eigenvalue weighted by molar-refractivity contribution is -0.479. The van der Waals surface area contributed by atoms with Crippen molar-refractivity contribution in [3.8, 4) is 10.4 Å². The molecule has 0 radical (unpaired) electrons. The fourth-order valence-electron chi connectivity index (χ4n) is 2.67. The Kier molecular flexibility index (Phi) is 2.61. The SMILES string of the molecule is Cn1c(=O)c2[nH]c3sc(-c4ccccc4)c[n+]3c2n(C)c1=O. The summed E-state index contributed by atoms with van der Waals surface area (Å²) in [7, 11) is 3.16. The number of hydrogen-bond acceptors (Lipinski definition) is 3. The number of nitrogens with one attached hydrogen (secondary N) is 1. The van der Waals surface area contributed by atoms with Gasteiger partial charge in [0, 0.05) is 7.05 Å². The number of aryl methyl sites for hydroxylation is 1. The molecular formula is C15H13N4O2S+. The molecular weight excluding hydrogens is 300 g/mol. The van der Waals surface area contributed by atoms with E-state index in [-0.39, 0.29) is 11.2 Å². The Hall–Kier alpha value is -2.67. The van der Waals surface area contributed by atoms with Gasteiger partial charge in [-0.2, -0.15) is 4.40 Å². The first-order valence-corrected chi connectivity index (χ1v) is 7.58. The number of aromatic amines is 1. The number of imidazole rings is 1. The summed E-state index contributed by atoms with van der Waals surface area (Å²) in [5.41, 5.74) is 1.48. The van der Waals surface area contributed by atoms with Gasteiger partial charge in [0.1, 0.15) is 0 Å². The zero-order valence-electron chi connectivity index (χ0n) is 12.0. The fourth-order valence-corrected chi connectivity index (χ4v) is 3.68. The van der Waals surface area contributed by atoms with Crippen LogP contribution in [0.1, 0.15) is 0 Å². The topological polar surface area (TPSA) is 63.9 Å². The van der Waals surface area contributed by atoms with Gasteiger partial charge in [-0.3, -0.25) is 9.78 Å². The zero-order valence-corrected chi connectivity index (χ0v) is 12.8. The van der Waals surface area contributed by atoms with E-state index in [4.69, 9.17) is 0 Å². The standard InChI is InChI=1S/C15H12N4O2S/c1-17-12-11(13(20)18(2)15(17)21)16-14-19(12)8-10(22-14)9-6-4-3-5-7-9/h3-8H,1-2H3/p+1. The van der Waals surface area contributed by atoms with Gasteiger partial charge >= 0.3 is 11.2 Å². The summed E-state index contributed by atoms with van der Waals surface area (Å²) in [4.78, 5) is 29.4. The molecule has 0 spiro atoms. The summed E-state index contributed by atoms with van der Waals surface area (Å²) < 4.78 is 4.47. The number of thiazole rings is 1. The number of rotatable bonds is 1. The Morgan fingerprint density at radius 3 is 2.55 bits per heavy atom. The normalized spacial score (nSPS) is 11.5. The molecule has 22 heavy (non-hydrogen) atoms. The third-order valence-electron chi connectivity index (χ3n) is 3.82. The summed E-state index contributed by atoms with van der Waals surface area (Å²) >= 11 is 1.55. The summed E-state index contributed by atoms with van der Waals surface area (Å²) in [5.74, 6) is 0. The molecule has 0 saturated heterocycles. The van der Waals surface area contributed by atoms with E-state index in [9.17, 15) is 9.59 Å². The lowest BCUT2D eigenvalue weighted by Crippen LogP contribution is -2.39. The van der Waals surface area contributed by atoms with Crippen LogP contribution in [0.15, 0.2) is 46.1 Å². The monoisotopic (exact) mass is 313 g/mol. The van der Waals surface area contributed by atoms with E-state index < -0.39 is 0 Å². The molecule has 1 aromatic carbocycles. The van der Waals surface area contributed by atoms with Crippen LogP contribution in [0.5, 0.6) is 0 Å². The van der Waals surface area contributed by atoms with Crippen LogP contribution in [-0.2, 0) is 14.1 Å². The minimum atomic E-state index is -0.335. The summed E-state index contributed by atoms with van der Waals surface area (Å²) in [5, 5.41) is 0. The average Bonchev–Trinajstić information content (AvgIpc) is 3.09. The molecule has 3 heterocycles. The maximum absolute atomic E-state index is 12.2. The molecule has 0 aliphatic rings. The van der Waals surface area contributed by atoms with Gasteiger partial charge in [-0.15, -0.1) is 0 Å². The van der Waals surface area contributed by atoms with Crippen molar-refractivity contribution in [3.63, 3.8) is 0 Å².